The summed E-state index contributed by atoms with van der Waals surface area (Å²) < 4.78 is 77.1. The molecule has 0 spiro atoms. The summed E-state index contributed by atoms with van der Waals surface area (Å²) in [6, 6.07) is 0. The first kappa shape index (κ1) is 16.7. The predicted molar refractivity (Wildman–Crippen MR) is 62.9 cm³/mol. The molecule has 114 valence electrons. The third kappa shape index (κ3) is 3.41. The normalized spacial score (nSPS) is 14.4. The van der Waals surface area contributed by atoms with E-state index < -0.39 is 41.6 Å². The Bertz CT molecular complexity index is 516. The third-order valence-electron chi connectivity index (χ3n) is 2.68. The molecule has 0 fully saturated rings. The maximum Gasteiger partial charge on any atom is 0.435 e. The summed E-state index contributed by atoms with van der Waals surface area (Å²) in [5.74, 6) is -0.809. The fourth-order valence-electron chi connectivity index (χ4n) is 1.75. The number of hydrogen-bond acceptors (Lipinski definition) is 2. The van der Waals surface area contributed by atoms with E-state index in [9.17, 15) is 26.3 Å². The molecule has 0 bridgehead atoms. The summed E-state index contributed by atoms with van der Waals surface area (Å²) in [5, 5.41) is 2.95. The number of aryl methyl sites for hydroxylation is 1. The van der Waals surface area contributed by atoms with Crippen LogP contribution < -0.4 is 5.73 Å². The highest BCUT2D eigenvalue weighted by Gasteiger charge is 2.45. The van der Waals surface area contributed by atoms with Crippen LogP contribution in [-0.4, -0.2) is 14.8 Å². The van der Waals surface area contributed by atoms with Crippen molar-refractivity contribution in [1.29, 1.82) is 0 Å². The Morgan fingerprint density at radius 3 is 2.10 bits per heavy atom. The molecule has 1 heterocycles. The quantitative estimate of drug-likeness (QED) is 0.688. The van der Waals surface area contributed by atoms with E-state index in [2.05, 4.69) is 17.3 Å². The van der Waals surface area contributed by atoms with Gasteiger partial charge < -0.3 is 5.73 Å². The van der Waals surface area contributed by atoms with Gasteiger partial charge in [-0.05, 0) is 6.42 Å². The second kappa shape index (κ2) is 5.23. The lowest BCUT2D eigenvalue weighted by molar-refractivity contribution is -0.145. The number of aromatic nitrogens is 2. The molecule has 0 radical (unpaired) electrons. The van der Waals surface area contributed by atoms with Gasteiger partial charge in [-0.25, -0.2) is 0 Å². The maximum atomic E-state index is 12.9. The Labute approximate surface area is 115 Å². The standard InChI is InChI=1S/C10H11F6N3S/c1-4(8(17)20)3-5-6(9(11,12)13)18-19(2)7(5)10(14,15)16/h4H,3H2,1-2H3,(H2,17,20). The molecule has 0 aliphatic rings. The lowest BCUT2D eigenvalue weighted by Gasteiger charge is -2.14. The number of halogens is 6. The third-order valence-corrected chi connectivity index (χ3v) is 3.08. The fraction of sp³-hybridized carbons (Fsp3) is 0.600. The van der Waals surface area contributed by atoms with Gasteiger partial charge in [0.25, 0.3) is 0 Å². The molecule has 0 saturated carbocycles. The molecule has 20 heavy (non-hydrogen) atoms. The number of rotatable bonds is 3. The molecule has 1 aromatic rings. The summed E-state index contributed by atoms with van der Waals surface area (Å²) in [6.45, 7) is 1.36. The Balaban J connectivity index is 3.46. The summed E-state index contributed by atoms with van der Waals surface area (Å²) in [4.78, 5) is -0.157. The van der Waals surface area contributed by atoms with Gasteiger partial charge in [-0.2, -0.15) is 31.4 Å². The number of thiocarbonyl (C=S) groups is 1. The number of nitrogens with zero attached hydrogens (tertiary/aromatic N) is 2. The molecule has 0 aromatic carbocycles. The zero-order valence-electron chi connectivity index (χ0n) is 10.4. The van der Waals surface area contributed by atoms with E-state index in [1.807, 2.05) is 0 Å². The van der Waals surface area contributed by atoms with Crippen LogP contribution in [0.5, 0.6) is 0 Å². The monoisotopic (exact) mass is 319 g/mol. The Kier molecular flexibility index (Phi) is 4.37. The average Bonchev–Trinajstić information content (AvgIpc) is 2.53. The summed E-state index contributed by atoms with van der Waals surface area (Å²) >= 11 is 4.59. The van der Waals surface area contributed by atoms with E-state index in [1.165, 1.54) is 6.92 Å². The van der Waals surface area contributed by atoms with Crippen molar-refractivity contribution in [3.05, 3.63) is 17.0 Å². The molecule has 0 saturated heterocycles. The van der Waals surface area contributed by atoms with Gasteiger partial charge in [-0.1, -0.05) is 19.1 Å². The molecule has 1 aromatic heterocycles. The minimum Gasteiger partial charge on any atom is -0.393 e. The van der Waals surface area contributed by atoms with Crippen molar-refractivity contribution in [3.63, 3.8) is 0 Å². The van der Waals surface area contributed by atoms with E-state index in [0.29, 0.717) is 0 Å². The van der Waals surface area contributed by atoms with Crippen molar-refractivity contribution >= 4 is 17.2 Å². The zero-order valence-corrected chi connectivity index (χ0v) is 11.2. The van der Waals surface area contributed by atoms with E-state index in [4.69, 9.17) is 5.73 Å². The average molecular weight is 319 g/mol. The molecule has 2 N–H and O–H groups in total. The van der Waals surface area contributed by atoms with E-state index >= 15 is 0 Å². The van der Waals surface area contributed by atoms with Crippen LogP contribution in [0.1, 0.15) is 23.9 Å². The SMILES string of the molecule is CC(Cc1c(C(F)(F)F)nn(C)c1C(F)(F)F)C(N)=S. The van der Waals surface area contributed by atoms with Crippen LogP contribution in [0, 0.1) is 5.92 Å². The van der Waals surface area contributed by atoms with Gasteiger partial charge in [0, 0.05) is 18.5 Å². The summed E-state index contributed by atoms with van der Waals surface area (Å²) in [6.07, 6.45) is -10.5. The highest BCUT2D eigenvalue weighted by molar-refractivity contribution is 7.80. The van der Waals surface area contributed by atoms with Crippen molar-refractivity contribution in [2.45, 2.75) is 25.7 Å². The fourth-order valence-corrected chi connectivity index (χ4v) is 1.83. The second-order valence-electron chi connectivity index (χ2n) is 4.30. The Morgan fingerprint density at radius 2 is 1.75 bits per heavy atom. The van der Waals surface area contributed by atoms with Gasteiger partial charge in [-0.3, -0.25) is 4.68 Å². The second-order valence-corrected chi connectivity index (χ2v) is 4.77. The molecule has 0 aliphatic heterocycles. The van der Waals surface area contributed by atoms with Crippen molar-refractivity contribution in [3.8, 4) is 0 Å². The maximum absolute atomic E-state index is 12.9. The predicted octanol–water partition coefficient (Wildman–Crippen LogP) is 2.92. The van der Waals surface area contributed by atoms with Crippen molar-refractivity contribution < 1.29 is 26.3 Å². The van der Waals surface area contributed by atoms with Gasteiger partial charge >= 0.3 is 12.4 Å². The van der Waals surface area contributed by atoms with Crippen LogP contribution in [-0.2, 0) is 25.8 Å². The molecule has 1 rings (SSSR count). The van der Waals surface area contributed by atoms with Gasteiger partial charge in [0.05, 0.1) is 4.99 Å². The molecule has 3 nitrogen and oxygen atoms in total. The van der Waals surface area contributed by atoms with Crippen LogP contribution in [0.3, 0.4) is 0 Å². The van der Waals surface area contributed by atoms with Crippen LogP contribution >= 0.6 is 12.2 Å². The first-order valence-corrected chi connectivity index (χ1v) is 5.76. The van der Waals surface area contributed by atoms with Gasteiger partial charge in [0.2, 0.25) is 0 Å². The minimum absolute atomic E-state index is 0.157. The summed E-state index contributed by atoms with van der Waals surface area (Å²) in [7, 11) is 0.812. The Hall–Kier alpha value is -1.32. The van der Waals surface area contributed by atoms with Crippen molar-refractivity contribution in [1.82, 2.24) is 9.78 Å². The Morgan fingerprint density at radius 1 is 1.25 bits per heavy atom. The highest BCUT2D eigenvalue weighted by atomic mass is 32.1. The van der Waals surface area contributed by atoms with Gasteiger partial charge in [0.1, 0.15) is 5.69 Å². The van der Waals surface area contributed by atoms with Gasteiger partial charge in [0.15, 0.2) is 5.69 Å². The molecule has 1 unspecified atom stereocenters. The molecule has 0 amide bonds. The van der Waals surface area contributed by atoms with E-state index in [-0.39, 0.29) is 9.67 Å². The number of alkyl halides is 6. The summed E-state index contributed by atoms with van der Waals surface area (Å²) in [5.41, 5.74) is 1.32. The number of hydrogen-bond donors (Lipinski definition) is 1. The molecule has 1 atom stereocenters. The zero-order chi connectivity index (χ0) is 15.9. The largest absolute Gasteiger partial charge is 0.435 e. The first-order valence-electron chi connectivity index (χ1n) is 5.35. The molecular weight excluding hydrogens is 308 g/mol. The van der Waals surface area contributed by atoms with E-state index in [0.717, 1.165) is 7.05 Å². The van der Waals surface area contributed by atoms with Crippen LogP contribution in [0.25, 0.3) is 0 Å². The molecule has 0 aliphatic carbocycles. The number of nitrogens with two attached hydrogens (primary N) is 1. The molecular formula is C10H11F6N3S. The van der Waals surface area contributed by atoms with Crippen LogP contribution in [0.4, 0.5) is 26.3 Å². The van der Waals surface area contributed by atoms with Crippen LogP contribution in [0.2, 0.25) is 0 Å². The van der Waals surface area contributed by atoms with E-state index in [1.54, 1.807) is 0 Å². The van der Waals surface area contributed by atoms with Gasteiger partial charge in [-0.15, -0.1) is 0 Å². The first-order chi connectivity index (χ1) is 8.85. The smallest absolute Gasteiger partial charge is 0.393 e. The van der Waals surface area contributed by atoms with Crippen LogP contribution in [0.15, 0.2) is 0 Å². The lowest BCUT2D eigenvalue weighted by atomic mass is 9.98. The molecule has 10 heteroatoms. The van der Waals surface area contributed by atoms with Crippen molar-refractivity contribution in [2.24, 2.45) is 18.7 Å². The topological polar surface area (TPSA) is 43.8 Å². The van der Waals surface area contributed by atoms with Crippen molar-refractivity contribution in [2.75, 3.05) is 0 Å². The highest BCUT2D eigenvalue weighted by Crippen LogP contribution is 2.39. The lowest BCUT2D eigenvalue weighted by Crippen LogP contribution is -2.23. The minimum atomic E-state index is -4.98.